The van der Waals surface area contributed by atoms with E-state index in [2.05, 4.69) is 4.57 Å². The summed E-state index contributed by atoms with van der Waals surface area (Å²) >= 11 is 1.25. The summed E-state index contributed by atoms with van der Waals surface area (Å²) in [5, 5.41) is 11.5. The highest BCUT2D eigenvalue weighted by molar-refractivity contribution is 7.07. The Balaban J connectivity index is 1.48. The number of benzene rings is 4. The smallest absolute Gasteiger partial charge is 0.338 e. The lowest BCUT2D eigenvalue weighted by Gasteiger charge is -2.24. The van der Waals surface area contributed by atoms with Crippen LogP contribution < -0.4 is 19.6 Å². The number of allylic oxidation sites excluding steroid dienone is 1. The molecule has 260 valence electrons. The standard InChI is InChI=1S/C41H34N4O6S/c1-4-50-33-22-16-29(17-23-33)38-36(40(47)51-5-2)26(3)42-41-44(38)39(46)35(52-41)25-30-24-34(27-12-8-6-9-13-27)43(37(30)28-14-10-7-11-15-28)31-18-20-32(21-19-31)45(48)49/h6-25,38H,4-5H2,1-3H3/b35-25-/t38-/m0/s1. The summed E-state index contributed by atoms with van der Waals surface area (Å²) in [7, 11) is 0. The molecule has 6 aromatic rings. The van der Waals surface area contributed by atoms with Gasteiger partial charge in [-0.1, -0.05) is 84.1 Å². The van der Waals surface area contributed by atoms with Crippen LogP contribution >= 0.6 is 11.3 Å². The molecule has 0 fully saturated rings. The number of hydrogen-bond donors (Lipinski definition) is 0. The molecule has 0 unspecified atom stereocenters. The van der Waals surface area contributed by atoms with Crippen molar-refractivity contribution < 1.29 is 19.2 Å². The van der Waals surface area contributed by atoms with Crippen molar-refractivity contribution in [2.24, 2.45) is 4.99 Å². The van der Waals surface area contributed by atoms with Gasteiger partial charge in [0.25, 0.3) is 11.2 Å². The molecule has 1 aliphatic rings. The molecule has 0 spiro atoms. The Bertz CT molecular complexity index is 2500. The van der Waals surface area contributed by atoms with Crippen LogP contribution in [0.25, 0.3) is 34.3 Å². The number of hydrogen-bond acceptors (Lipinski definition) is 8. The minimum atomic E-state index is -0.772. The Morgan fingerprint density at radius 2 is 1.56 bits per heavy atom. The maximum Gasteiger partial charge on any atom is 0.338 e. The Labute approximate surface area is 303 Å². The van der Waals surface area contributed by atoms with Gasteiger partial charge >= 0.3 is 5.97 Å². The van der Waals surface area contributed by atoms with Gasteiger partial charge in [0.2, 0.25) is 0 Å². The predicted octanol–water partition coefficient (Wildman–Crippen LogP) is 7.23. The van der Waals surface area contributed by atoms with Crippen LogP contribution in [0.2, 0.25) is 0 Å². The normalized spacial score (nSPS) is 14.1. The molecule has 0 amide bonds. The number of nitro groups is 1. The van der Waals surface area contributed by atoms with E-state index in [0.717, 1.165) is 33.8 Å². The van der Waals surface area contributed by atoms with Crippen LogP contribution in [0.4, 0.5) is 5.69 Å². The van der Waals surface area contributed by atoms with Crippen LogP contribution in [-0.2, 0) is 9.53 Å². The second-order valence-electron chi connectivity index (χ2n) is 12.0. The van der Waals surface area contributed by atoms with Crippen molar-refractivity contribution >= 4 is 29.1 Å². The number of ether oxygens (including phenoxy) is 2. The van der Waals surface area contributed by atoms with Crippen molar-refractivity contribution in [3.05, 3.63) is 167 Å². The first kappa shape index (κ1) is 34.1. The van der Waals surface area contributed by atoms with E-state index in [0.29, 0.717) is 38.5 Å². The second kappa shape index (κ2) is 14.5. The predicted molar refractivity (Wildman–Crippen MR) is 201 cm³/mol. The molecular formula is C41H34N4O6S. The maximum absolute atomic E-state index is 14.6. The van der Waals surface area contributed by atoms with Crippen LogP contribution in [0.1, 0.15) is 37.9 Å². The molecule has 0 saturated carbocycles. The molecule has 1 atom stereocenters. The fraction of sp³-hybridized carbons (Fsp3) is 0.146. The monoisotopic (exact) mass is 710 g/mol. The first-order valence-corrected chi connectivity index (χ1v) is 17.6. The molecule has 2 aromatic heterocycles. The third-order valence-corrected chi connectivity index (χ3v) is 9.76. The fourth-order valence-electron chi connectivity index (χ4n) is 6.51. The van der Waals surface area contributed by atoms with E-state index in [-0.39, 0.29) is 17.9 Å². The minimum Gasteiger partial charge on any atom is -0.494 e. The molecule has 0 N–H and O–H groups in total. The Morgan fingerprint density at radius 1 is 0.904 bits per heavy atom. The van der Waals surface area contributed by atoms with E-state index in [1.807, 2.05) is 104 Å². The van der Waals surface area contributed by atoms with Gasteiger partial charge in [0.05, 0.1) is 51.4 Å². The number of aromatic nitrogens is 2. The lowest BCUT2D eigenvalue weighted by Crippen LogP contribution is -2.39. The molecule has 0 bridgehead atoms. The highest BCUT2D eigenvalue weighted by Crippen LogP contribution is 2.37. The van der Waals surface area contributed by atoms with Crippen LogP contribution in [0.3, 0.4) is 0 Å². The van der Waals surface area contributed by atoms with Gasteiger partial charge < -0.3 is 14.0 Å². The SMILES string of the molecule is CCOC(=O)C1=C(C)N=c2s/c(=C\c3cc(-c4ccccc4)n(-c4ccc([N+](=O)[O-])cc4)c3-c3ccccc3)c(=O)n2[C@H]1c1ccc(OCC)cc1. The highest BCUT2D eigenvalue weighted by atomic mass is 32.1. The summed E-state index contributed by atoms with van der Waals surface area (Å²) < 4.78 is 15.2. The van der Waals surface area contributed by atoms with Gasteiger partial charge in [-0.2, -0.15) is 0 Å². The van der Waals surface area contributed by atoms with Gasteiger partial charge in [0.1, 0.15) is 5.75 Å². The van der Waals surface area contributed by atoms with Crippen molar-refractivity contribution in [3.63, 3.8) is 0 Å². The van der Waals surface area contributed by atoms with Crippen LogP contribution in [0, 0.1) is 10.1 Å². The Morgan fingerprint density at radius 3 is 2.17 bits per heavy atom. The number of nitrogens with zero attached hydrogens (tertiary/aromatic N) is 4. The van der Waals surface area contributed by atoms with Crippen molar-refractivity contribution in [2.45, 2.75) is 26.8 Å². The van der Waals surface area contributed by atoms with E-state index in [4.69, 9.17) is 14.5 Å². The van der Waals surface area contributed by atoms with Gasteiger partial charge in [0.15, 0.2) is 4.80 Å². The first-order chi connectivity index (χ1) is 25.3. The molecule has 0 aliphatic carbocycles. The zero-order chi connectivity index (χ0) is 36.4. The van der Waals surface area contributed by atoms with Gasteiger partial charge in [-0.25, -0.2) is 9.79 Å². The van der Waals surface area contributed by atoms with E-state index in [1.54, 1.807) is 30.5 Å². The molecule has 7 rings (SSSR count). The van der Waals surface area contributed by atoms with Gasteiger partial charge in [-0.3, -0.25) is 19.5 Å². The molecule has 3 heterocycles. The summed E-state index contributed by atoms with van der Waals surface area (Å²) in [4.78, 5) is 44.3. The second-order valence-corrected chi connectivity index (χ2v) is 13.0. The van der Waals surface area contributed by atoms with Crippen molar-refractivity contribution in [3.8, 4) is 34.0 Å². The number of carbonyl (C=O) groups excluding carboxylic acids is 1. The largest absolute Gasteiger partial charge is 0.494 e. The molecule has 10 nitrogen and oxygen atoms in total. The lowest BCUT2D eigenvalue weighted by molar-refractivity contribution is -0.384. The van der Waals surface area contributed by atoms with Crippen LogP contribution in [0.5, 0.6) is 5.75 Å². The van der Waals surface area contributed by atoms with E-state index in [9.17, 15) is 19.7 Å². The molecular weight excluding hydrogens is 677 g/mol. The molecule has 11 heteroatoms. The number of thiazole rings is 1. The fourth-order valence-corrected chi connectivity index (χ4v) is 7.54. The highest BCUT2D eigenvalue weighted by Gasteiger charge is 2.33. The topological polar surface area (TPSA) is 118 Å². The van der Waals surface area contributed by atoms with Crippen molar-refractivity contribution in [1.29, 1.82) is 0 Å². The maximum atomic E-state index is 14.6. The molecule has 0 radical (unpaired) electrons. The first-order valence-electron chi connectivity index (χ1n) is 16.8. The summed E-state index contributed by atoms with van der Waals surface area (Å²) in [6, 6.07) is 34.7. The molecule has 4 aromatic carbocycles. The number of esters is 1. The van der Waals surface area contributed by atoms with Crippen molar-refractivity contribution in [1.82, 2.24) is 9.13 Å². The number of carbonyl (C=O) groups is 1. The molecule has 52 heavy (non-hydrogen) atoms. The van der Waals surface area contributed by atoms with E-state index >= 15 is 0 Å². The van der Waals surface area contributed by atoms with Crippen molar-refractivity contribution in [2.75, 3.05) is 13.2 Å². The van der Waals surface area contributed by atoms with E-state index < -0.39 is 16.9 Å². The average Bonchev–Trinajstić information content (AvgIpc) is 3.69. The summed E-state index contributed by atoms with van der Waals surface area (Å²) in [5.74, 6) is 0.146. The third kappa shape index (κ3) is 6.38. The van der Waals surface area contributed by atoms with Crippen LogP contribution in [-0.4, -0.2) is 33.2 Å². The average molecular weight is 711 g/mol. The minimum absolute atomic E-state index is 0.0145. The summed E-state index contributed by atoms with van der Waals surface area (Å²) in [6.07, 6.45) is 1.86. The number of nitro benzene ring substituents is 1. The zero-order valence-electron chi connectivity index (χ0n) is 28.7. The molecule has 1 aliphatic heterocycles. The Kier molecular flexibility index (Phi) is 9.51. The Hall–Kier alpha value is -6.33. The van der Waals surface area contributed by atoms with Gasteiger partial charge in [-0.05, 0) is 73.9 Å². The number of non-ortho nitro benzene ring substituents is 1. The van der Waals surface area contributed by atoms with E-state index in [1.165, 1.54) is 23.5 Å². The third-order valence-electron chi connectivity index (χ3n) is 8.78. The number of rotatable bonds is 10. The number of fused-ring (bicyclic) bond motifs is 1. The van der Waals surface area contributed by atoms with Gasteiger partial charge in [-0.15, -0.1) is 0 Å². The quantitative estimate of drug-likeness (QED) is 0.0841. The molecule has 0 saturated heterocycles. The lowest BCUT2D eigenvalue weighted by atomic mass is 9.96. The van der Waals surface area contributed by atoms with Gasteiger partial charge in [0, 0.05) is 23.4 Å². The summed E-state index contributed by atoms with van der Waals surface area (Å²) in [5.41, 5.74) is 6.08. The summed E-state index contributed by atoms with van der Waals surface area (Å²) in [6.45, 7) is 6.09. The van der Waals surface area contributed by atoms with Crippen LogP contribution in [0.15, 0.2) is 136 Å². The zero-order valence-corrected chi connectivity index (χ0v) is 29.5.